The molecular formula is C13H22N2. The molecule has 0 radical (unpaired) electrons. The Morgan fingerprint density at radius 3 is 1.47 bits per heavy atom. The maximum Gasteiger partial charge on any atom is 0.0424 e. The summed E-state index contributed by atoms with van der Waals surface area (Å²) in [6.45, 7) is 11.3. The standard InChI is InChI=1S/C13H22N2/c1-7-8(2)10(4)13(12(15)6-14)11(5)9(7)3/h12H,6,14-15H2,1-5H3/t12-/m1/s1. The van der Waals surface area contributed by atoms with Gasteiger partial charge in [-0.05, 0) is 68.0 Å². The highest BCUT2D eigenvalue weighted by Crippen LogP contribution is 2.28. The van der Waals surface area contributed by atoms with Crippen LogP contribution >= 0.6 is 0 Å². The number of hydrogen-bond donors (Lipinski definition) is 2. The van der Waals surface area contributed by atoms with Crippen LogP contribution < -0.4 is 11.5 Å². The van der Waals surface area contributed by atoms with Crippen molar-refractivity contribution < 1.29 is 0 Å². The van der Waals surface area contributed by atoms with Crippen LogP contribution in [0.1, 0.15) is 39.4 Å². The van der Waals surface area contributed by atoms with Crippen molar-refractivity contribution in [3.8, 4) is 0 Å². The molecule has 1 aromatic carbocycles. The minimum Gasteiger partial charge on any atom is -0.329 e. The molecule has 0 unspecified atom stereocenters. The van der Waals surface area contributed by atoms with E-state index in [-0.39, 0.29) is 6.04 Å². The molecule has 0 saturated heterocycles. The molecular weight excluding hydrogens is 184 g/mol. The lowest BCUT2D eigenvalue weighted by Crippen LogP contribution is -2.23. The second-order valence-electron chi connectivity index (χ2n) is 4.38. The van der Waals surface area contributed by atoms with Gasteiger partial charge in [0.15, 0.2) is 0 Å². The maximum atomic E-state index is 6.06. The zero-order valence-electron chi connectivity index (χ0n) is 10.4. The van der Waals surface area contributed by atoms with E-state index in [1.54, 1.807) is 0 Å². The van der Waals surface area contributed by atoms with E-state index < -0.39 is 0 Å². The highest BCUT2D eigenvalue weighted by Gasteiger charge is 2.16. The first-order valence-corrected chi connectivity index (χ1v) is 5.44. The second kappa shape index (κ2) is 4.33. The summed E-state index contributed by atoms with van der Waals surface area (Å²) in [5.74, 6) is 0. The molecule has 0 saturated carbocycles. The van der Waals surface area contributed by atoms with Crippen molar-refractivity contribution in [1.82, 2.24) is 0 Å². The molecule has 0 fully saturated rings. The van der Waals surface area contributed by atoms with Gasteiger partial charge in [-0.25, -0.2) is 0 Å². The quantitative estimate of drug-likeness (QED) is 0.779. The van der Waals surface area contributed by atoms with Crippen LogP contribution in [-0.2, 0) is 0 Å². The Hall–Kier alpha value is -0.860. The zero-order chi connectivity index (χ0) is 11.7. The van der Waals surface area contributed by atoms with E-state index in [1.165, 1.54) is 33.4 Å². The number of benzene rings is 1. The van der Waals surface area contributed by atoms with Crippen molar-refractivity contribution >= 4 is 0 Å². The largest absolute Gasteiger partial charge is 0.329 e. The van der Waals surface area contributed by atoms with E-state index in [0.717, 1.165) is 0 Å². The molecule has 0 bridgehead atoms. The average Bonchev–Trinajstić information content (AvgIpc) is 2.23. The Labute approximate surface area is 92.7 Å². The van der Waals surface area contributed by atoms with E-state index in [0.29, 0.717) is 6.54 Å². The predicted octanol–water partition coefficient (Wildman–Crippen LogP) is 2.19. The Morgan fingerprint density at radius 2 is 1.13 bits per heavy atom. The topological polar surface area (TPSA) is 52.0 Å². The summed E-state index contributed by atoms with van der Waals surface area (Å²) in [7, 11) is 0. The van der Waals surface area contributed by atoms with Gasteiger partial charge in [0.2, 0.25) is 0 Å². The molecule has 0 amide bonds. The normalized spacial score (nSPS) is 13.0. The molecule has 2 nitrogen and oxygen atoms in total. The number of rotatable bonds is 2. The van der Waals surface area contributed by atoms with Gasteiger partial charge in [-0.15, -0.1) is 0 Å². The lowest BCUT2D eigenvalue weighted by atomic mass is 9.86. The van der Waals surface area contributed by atoms with Crippen molar-refractivity contribution in [2.24, 2.45) is 11.5 Å². The molecule has 0 aliphatic carbocycles. The highest BCUT2D eigenvalue weighted by atomic mass is 14.7. The smallest absolute Gasteiger partial charge is 0.0424 e. The van der Waals surface area contributed by atoms with Gasteiger partial charge in [0.25, 0.3) is 0 Å². The molecule has 84 valence electrons. The van der Waals surface area contributed by atoms with Crippen LogP contribution in [0.5, 0.6) is 0 Å². The molecule has 4 N–H and O–H groups in total. The molecule has 0 heterocycles. The maximum absolute atomic E-state index is 6.06. The Bertz CT molecular complexity index is 352. The van der Waals surface area contributed by atoms with Gasteiger partial charge in [0.1, 0.15) is 0 Å². The van der Waals surface area contributed by atoms with Crippen LogP contribution in [0.2, 0.25) is 0 Å². The SMILES string of the molecule is Cc1c(C)c(C)c([C@H](N)CN)c(C)c1C. The van der Waals surface area contributed by atoms with Crippen molar-refractivity contribution in [2.75, 3.05) is 6.54 Å². The number of hydrogen-bond acceptors (Lipinski definition) is 2. The molecule has 2 heteroatoms. The summed E-state index contributed by atoms with van der Waals surface area (Å²) >= 11 is 0. The van der Waals surface area contributed by atoms with Crippen molar-refractivity contribution in [1.29, 1.82) is 0 Å². The first kappa shape index (κ1) is 12.2. The highest BCUT2D eigenvalue weighted by molar-refractivity contribution is 5.50. The molecule has 1 rings (SSSR count). The Balaban J connectivity index is 3.52. The lowest BCUT2D eigenvalue weighted by Gasteiger charge is -2.22. The fourth-order valence-electron chi connectivity index (χ4n) is 2.20. The Morgan fingerprint density at radius 1 is 0.800 bits per heavy atom. The summed E-state index contributed by atoms with van der Waals surface area (Å²) < 4.78 is 0. The van der Waals surface area contributed by atoms with Gasteiger partial charge < -0.3 is 11.5 Å². The number of nitrogens with two attached hydrogens (primary N) is 2. The summed E-state index contributed by atoms with van der Waals surface area (Å²) in [6, 6.07) is -0.0389. The van der Waals surface area contributed by atoms with Crippen LogP contribution in [-0.4, -0.2) is 6.54 Å². The van der Waals surface area contributed by atoms with Gasteiger partial charge >= 0.3 is 0 Å². The molecule has 0 aliphatic rings. The third kappa shape index (κ3) is 1.92. The van der Waals surface area contributed by atoms with E-state index >= 15 is 0 Å². The average molecular weight is 206 g/mol. The second-order valence-corrected chi connectivity index (χ2v) is 4.38. The fraction of sp³-hybridized carbons (Fsp3) is 0.538. The molecule has 1 aromatic rings. The minimum absolute atomic E-state index is 0.0389. The van der Waals surface area contributed by atoms with Gasteiger partial charge in [0.05, 0.1) is 0 Å². The molecule has 1 atom stereocenters. The van der Waals surface area contributed by atoms with Gasteiger partial charge in [0, 0.05) is 12.6 Å². The molecule has 0 aliphatic heterocycles. The summed E-state index contributed by atoms with van der Waals surface area (Å²) in [5.41, 5.74) is 19.6. The van der Waals surface area contributed by atoms with E-state index in [4.69, 9.17) is 11.5 Å². The lowest BCUT2D eigenvalue weighted by molar-refractivity contribution is 0.722. The third-order valence-corrected chi connectivity index (χ3v) is 3.68. The van der Waals surface area contributed by atoms with Gasteiger partial charge in [-0.2, -0.15) is 0 Å². The van der Waals surface area contributed by atoms with Crippen LogP contribution in [0.25, 0.3) is 0 Å². The minimum atomic E-state index is -0.0389. The third-order valence-electron chi connectivity index (χ3n) is 3.68. The van der Waals surface area contributed by atoms with Gasteiger partial charge in [-0.1, -0.05) is 0 Å². The van der Waals surface area contributed by atoms with Crippen molar-refractivity contribution in [2.45, 2.75) is 40.7 Å². The van der Waals surface area contributed by atoms with E-state index in [2.05, 4.69) is 34.6 Å². The molecule has 0 aromatic heterocycles. The van der Waals surface area contributed by atoms with Crippen LogP contribution in [0, 0.1) is 34.6 Å². The van der Waals surface area contributed by atoms with Crippen molar-refractivity contribution in [3.63, 3.8) is 0 Å². The van der Waals surface area contributed by atoms with Crippen LogP contribution in [0.3, 0.4) is 0 Å². The van der Waals surface area contributed by atoms with E-state index in [9.17, 15) is 0 Å². The van der Waals surface area contributed by atoms with Gasteiger partial charge in [-0.3, -0.25) is 0 Å². The summed E-state index contributed by atoms with van der Waals surface area (Å²) in [4.78, 5) is 0. The van der Waals surface area contributed by atoms with E-state index in [1.807, 2.05) is 0 Å². The first-order valence-electron chi connectivity index (χ1n) is 5.44. The first-order chi connectivity index (χ1) is 6.91. The fourth-order valence-corrected chi connectivity index (χ4v) is 2.20. The monoisotopic (exact) mass is 206 g/mol. The Kier molecular flexibility index (Phi) is 3.53. The van der Waals surface area contributed by atoms with Crippen molar-refractivity contribution in [3.05, 3.63) is 33.4 Å². The molecule has 0 spiro atoms. The summed E-state index contributed by atoms with van der Waals surface area (Å²) in [5, 5.41) is 0. The van der Waals surface area contributed by atoms with Crippen LogP contribution in [0.15, 0.2) is 0 Å². The molecule has 15 heavy (non-hydrogen) atoms. The predicted molar refractivity (Wildman–Crippen MR) is 66.1 cm³/mol. The zero-order valence-corrected chi connectivity index (χ0v) is 10.4. The van der Waals surface area contributed by atoms with Crippen LogP contribution in [0.4, 0.5) is 0 Å². The summed E-state index contributed by atoms with van der Waals surface area (Å²) in [6.07, 6.45) is 0.